The molecule has 4 nitrogen and oxygen atoms in total. The van der Waals surface area contributed by atoms with E-state index in [1.807, 2.05) is 0 Å². The van der Waals surface area contributed by atoms with Crippen LogP contribution in [0.25, 0.3) is 0 Å². The molecule has 118 valence electrons. The molecule has 3 N–H and O–H groups in total. The van der Waals surface area contributed by atoms with Crippen molar-refractivity contribution < 1.29 is 4.74 Å². The molecular formula is C15H23Cl2N3O. The standard InChI is InChI=1S/C15H23Cl2N3O/c1-8(2)10-5-4-9(3)6-13(10)21-15-12(17)7-11(16)14(19-15)20-18/h7-10,13H,4-6,18H2,1-3H3,(H,19,20). The number of nitrogens with zero attached hydrogens (tertiary/aromatic N) is 1. The third-order valence-electron chi connectivity index (χ3n) is 4.26. The number of hydrogen-bond acceptors (Lipinski definition) is 4. The van der Waals surface area contributed by atoms with Crippen LogP contribution in [0.4, 0.5) is 5.82 Å². The van der Waals surface area contributed by atoms with Crippen LogP contribution in [-0.4, -0.2) is 11.1 Å². The quantitative estimate of drug-likeness (QED) is 0.629. The topological polar surface area (TPSA) is 60.2 Å². The number of pyridine rings is 1. The number of halogens is 2. The van der Waals surface area contributed by atoms with E-state index in [1.165, 1.54) is 12.8 Å². The molecule has 6 heteroatoms. The summed E-state index contributed by atoms with van der Waals surface area (Å²) in [6, 6.07) is 1.61. The number of nitrogens with one attached hydrogen (secondary N) is 1. The Bertz CT molecular complexity index is 496. The van der Waals surface area contributed by atoms with Crippen LogP contribution in [0, 0.1) is 17.8 Å². The maximum absolute atomic E-state index is 6.20. The summed E-state index contributed by atoms with van der Waals surface area (Å²) in [6.45, 7) is 6.73. The molecule has 2 rings (SSSR count). The number of ether oxygens (including phenoxy) is 1. The Kier molecular flexibility index (Phi) is 5.58. The zero-order valence-electron chi connectivity index (χ0n) is 12.7. The number of nitrogen functional groups attached to an aromatic ring is 1. The van der Waals surface area contributed by atoms with Crippen molar-refractivity contribution in [3.63, 3.8) is 0 Å². The first-order valence-electron chi connectivity index (χ1n) is 7.41. The Morgan fingerprint density at radius 3 is 2.67 bits per heavy atom. The Morgan fingerprint density at radius 1 is 1.33 bits per heavy atom. The minimum Gasteiger partial charge on any atom is -0.473 e. The summed E-state index contributed by atoms with van der Waals surface area (Å²) in [6.07, 6.45) is 3.58. The largest absolute Gasteiger partial charge is 0.473 e. The van der Waals surface area contributed by atoms with E-state index in [4.69, 9.17) is 33.8 Å². The third-order valence-corrected chi connectivity index (χ3v) is 4.82. The van der Waals surface area contributed by atoms with Gasteiger partial charge in [0.05, 0.1) is 5.02 Å². The molecule has 1 aliphatic carbocycles. The van der Waals surface area contributed by atoms with Crippen molar-refractivity contribution in [3.8, 4) is 5.88 Å². The smallest absolute Gasteiger partial charge is 0.234 e. The highest BCUT2D eigenvalue weighted by Crippen LogP contribution is 2.38. The lowest BCUT2D eigenvalue weighted by Gasteiger charge is -2.37. The predicted octanol–water partition coefficient (Wildman–Crippen LogP) is 4.51. The van der Waals surface area contributed by atoms with Crippen molar-refractivity contribution in [2.75, 3.05) is 5.43 Å². The Labute approximate surface area is 136 Å². The van der Waals surface area contributed by atoms with Crippen molar-refractivity contribution in [1.29, 1.82) is 0 Å². The average Bonchev–Trinajstić information content (AvgIpc) is 2.41. The van der Waals surface area contributed by atoms with E-state index in [0.717, 1.165) is 6.42 Å². The van der Waals surface area contributed by atoms with Gasteiger partial charge >= 0.3 is 0 Å². The summed E-state index contributed by atoms with van der Waals surface area (Å²) in [5.41, 5.74) is 2.46. The maximum atomic E-state index is 6.20. The van der Waals surface area contributed by atoms with Gasteiger partial charge in [0.2, 0.25) is 5.88 Å². The van der Waals surface area contributed by atoms with E-state index in [9.17, 15) is 0 Å². The van der Waals surface area contributed by atoms with Crippen LogP contribution in [0.3, 0.4) is 0 Å². The first-order chi connectivity index (χ1) is 9.92. The van der Waals surface area contributed by atoms with Crippen molar-refractivity contribution in [2.24, 2.45) is 23.6 Å². The highest BCUT2D eigenvalue weighted by Gasteiger charge is 2.33. The fourth-order valence-corrected chi connectivity index (χ4v) is 3.48. The second-order valence-corrected chi connectivity index (χ2v) is 7.05. The van der Waals surface area contributed by atoms with E-state index >= 15 is 0 Å². The molecule has 3 atom stereocenters. The minimum absolute atomic E-state index is 0.130. The summed E-state index contributed by atoms with van der Waals surface area (Å²) in [7, 11) is 0. The average molecular weight is 332 g/mol. The summed E-state index contributed by atoms with van der Waals surface area (Å²) < 4.78 is 6.13. The highest BCUT2D eigenvalue weighted by molar-refractivity contribution is 6.36. The van der Waals surface area contributed by atoms with Gasteiger partial charge in [-0.3, -0.25) is 0 Å². The van der Waals surface area contributed by atoms with E-state index in [-0.39, 0.29) is 6.10 Å². The molecule has 0 aromatic carbocycles. The number of aromatic nitrogens is 1. The molecule has 1 fully saturated rings. The summed E-state index contributed by atoms with van der Waals surface area (Å²) >= 11 is 12.2. The van der Waals surface area contributed by atoms with Crippen LogP contribution in [0.1, 0.15) is 40.0 Å². The van der Waals surface area contributed by atoms with Gasteiger partial charge in [0.25, 0.3) is 0 Å². The van der Waals surface area contributed by atoms with Crippen molar-refractivity contribution in [1.82, 2.24) is 4.98 Å². The molecule has 1 heterocycles. The highest BCUT2D eigenvalue weighted by atomic mass is 35.5. The van der Waals surface area contributed by atoms with Gasteiger partial charge in [0.1, 0.15) is 11.1 Å². The van der Waals surface area contributed by atoms with E-state index in [0.29, 0.717) is 39.5 Å². The van der Waals surface area contributed by atoms with E-state index in [2.05, 4.69) is 31.2 Å². The monoisotopic (exact) mass is 331 g/mol. The Hall–Kier alpha value is -0.710. The van der Waals surface area contributed by atoms with Crippen LogP contribution in [-0.2, 0) is 0 Å². The van der Waals surface area contributed by atoms with Gasteiger partial charge in [-0.25, -0.2) is 5.84 Å². The van der Waals surface area contributed by atoms with Gasteiger partial charge in [0.15, 0.2) is 5.82 Å². The van der Waals surface area contributed by atoms with Crippen molar-refractivity contribution >= 4 is 29.0 Å². The first kappa shape index (κ1) is 16.7. The van der Waals surface area contributed by atoms with Gasteiger partial charge in [-0.1, -0.05) is 50.4 Å². The fraction of sp³-hybridized carbons (Fsp3) is 0.667. The SMILES string of the molecule is CC1CCC(C(C)C)C(Oc2nc(NN)c(Cl)cc2Cl)C1. The van der Waals surface area contributed by atoms with Gasteiger partial charge in [-0.05, 0) is 36.7 Å². The van der Waals surface area contributed by atoms with Crippen molar-refractivity contribution in [2.45, 2.75) is 46.1 Å². The normalized spacial score (nSPS) is 26.0. The number of anilines is 1. The lowest BCUT2D eigenvalue weighted by atomic mass is 9.75. The molecular weight excluding hydrogens is 309 g/mol. The maximum Gasteiger partial charge on any atom is 0.234 e. The van der Waals surface area contributed by atoms with Gasteiger partial charge < -0.3 is 10.2 Å². The molecule has 1 saturated carbocycles. The molecule has 0 radical (unpaired) electrons. The lowest BCUT2D eigenvalue weighted by molar-refractivity contribution is 0.0428. The fourth-order valence-electron chi connectivity index (χ4n) is 3.03. The summed E-state index contributed by atoms with van der Waals surface area (Å²) in [5, 5.41) is 0.798. The number of hydrogen-bond donors (Lipinski definition) is 2. The van der Waals surface area contributed by atoms with Crippen LogP contribution >= 0.6 is 23.2 Å². The molecule has 0 saturated heterocycles. The summed E-state index contributed by atoms with van der Waals surface area (Å²) in [5.74, 6) is 7.93. The Morgan fingerprint density at radius 2 is 2.05 bits per heavy atom. The zero-order chi connectivity index (χ0) is 15.6. The molecule has 0 aliphatic heterocycles. The molecule has 0 bridgehead atoms. The van der Waals surface area contributed by atoms with Gasteiger partial charge in [-0.2, -0.15) is 4.98 Å². The van der Waals surface area contributed by atoms with Crippen LogP contribution in [0.15, 0.2) is 6.07 Å². The second-order valence-electron chi connectivity index (χ2n) is 6.23. The zero-order valence-corrected chi connectivity index (χ0v) is 14.2. The molecule has 0 spiro atoms. The molecule has 0 amide bonds. The predicted molar refractivity (Wildman–Crippen MR) is 87.8 cm³/mol. The van der Waals surface area contributed by atoms with Crippen LogP contribution in [0.5, 0.6) is 5.88 Å². The van der Waals surface area contributed by atoms with Crippen LogP contribution in [0.2, 0.25) is 10.0 Å². The lowest BCUT2D eigenvalue weighted by Crippen LogP contribution is -2.36. The molecule has 3 unspecified atom stereocenters. The number of hydrazine groups is 1. The molecule has 1 aromatic rings. The van der Waals surface area contributed by atoms with Crippen LogP contribution < -0.4 is 16.0 Å². The van der Waals surface area contributed by atoms with Gasteiger partial charge in [-0.15, -0.1) is 0 Å². The Balaban J connectivity index is 2.22. The molecule has 21 heavy (non-hydrogen) atoms. The second kappa shape index (κ2) is 7.03. The number of rotatable bonds is 4. The van der Waals surface area contributed by atoms with E-state index in [1.54, 1.807) is 6.07 Å². The first-order valence-corrected chi connectivity index (χ1v) is 8.17. The summed E-state index contributed by atoms with van der Waals surface area (Å²) in [4.78, 5) is 4.28. The van der Waals surface area contributed by atoms with Crippen molar-refractivity contribution in [3.05, 3.63) is 16.1 Å². The molecule has 1 aromatic heterocycles. The number of nitrogens with two attached hydrogens (primary N) is 1. The van der Waals surface area contributed by atoms with E-state index < -0.39 is 0 Å². The minimum atomic E-state index is 0.130. The molecule has 1 aliphatic rings. The third kappa shape index (κ3) is 3.93. The van der Waals surface area contributed by atoms with Gasteiger partial charge in [0, 0.05) is 0 Å².